The zero-order valence-electron chi connectivity index (χ0n) is 14.4. The Morgan fingerprint density at radius 2 is 2.04 bits per heavy atom. The van der Waals surface area contributed by atoms with Crippen molar-refractivity contribution in [3.8, 4) is 34.7 Å². The molecule has 3 heterocycles. The number of halogens is 1. The Labute approximate surface area is 164 Å². The Bertz CT molecular complexity index is 1180. The molecule has 2 aliphatic rings. The van der Waals surface area contributed by atoms with Crippen LogP contribution in [-0.2, 0) is 0 Å². The number of aromatic amines is 1. The first kappa shape index (κ1) is 16.5. The first-order valence-electron chi connectivity index (χ1n) is 8.47. The van der Waals surface area contributed by atoms with Gasteiger partial charge in [-0.3, -0.25) is 5.10 Å². The number of ether oxygens (including phenoxy) is 3. The van der Waals surface area contributed by atoms with Crippen LogP contribution in [0.1, 0.15) is 17.0 Å². The van der Waals surface area contributed by atoms with E-state index in [4.69, 9.17) is 31.5 Å². The standard InChI is InChI=1S/C20H13ClN4O3/c21-12-3-1-2-10(6-12)16-13(8-22)19(23)28-20-17(16)18(24-25-20)11-4-5-14-15(7-11)27-9-26-14/h1-7,16H,9,23H2,(H,24,25)/t16-/m0/s1. The van der Waals surface area contributed by atoms with E-state index < -0.39 is 5.92 Å². The molecule has 0 saturated carbocycles. The van der Waals surface area contributed by atoms with E-state index >= 15 is 0 Å². The molecule has 0 radical (unpaired) electrons. The molecule has 0 amide bonds. The van der Waals surface area contributed by atoms with Gasteiger partial charge in [0.1, 0.15) is 11.6 Å². The maximum Gasteiger partial charge on any atom is 0.244 e. The van der Waals surface area contributed by atoms with Crippen molar-refractivity contribution in [2.45, 2.75) is 5.92 Å². The van der Waals surface area contributed by atoms with E-state index in [0.29, 0.717) is 39.2 Å². The number of hydrogen-bond acceptors (Lipinski definition) is 6. The highest BCUT2D eigenvalue weighted by Crippen LogP contribution is 2.47. The Morgan fingerprint density at radius 1 is 1.18 bits per heavy atom. The molecule has 28 heavy (non-hydrogen) atoms. The second kappa shape index (κ2) is 6.22. The molecule has 0 unspecified atom stereocenters. The summed E-state index contributed by atoms with van der Waals surface area (Å²) in [5, 5.41) is 17.6. The number of nitrogens with zero attached hydrogens (tertiary/aromatic N) is 2. The number of nitrogens with one attached hydrogen (secondary N) is 1. The van der Waals surface area contributed by atoms with E-state index in [1.165, 1.54) is 0 Å². The summed E-state index contributed by atoms with van der Waals surface area (Å²) in [5.41, 5.74) is 9.37. The fraction of sp³-hybridized carbons (Fsp3) is 0.100. The minimum absolute atomic E-state index is 0.0312. The lowest BCUT2D eigenvalue weighted by atomic mass is 9.83. The van der Waals surface area contributed by atoms with Crippen LogP contribution >= 0.6 is 11.6 Å². The number of hydrogen-bond donors (Lipinski definition) is 2. The van der Waals surface area contributed by atoms with Crippen molar-refractivity contribution in [2.75, 3.05) is 6.79 Å². The van der Waals surface area contributed by atoms with Crippen molar-refractivity contribution >= 4 is 11.6 Å². The fourth-order valence-corrected chi connectivity index (χ4v) is 3.74. The molecule has 3 N–H and O–H groups in total. The Morgan fingerprint density at radius 3 is 2.86 bits per heavy atom. The van der Waals surface area contributed by atoms with Gasteiger partial charge in [-0.2, -0.15) is 5.26 Å². The van der Waals surface area contributed by atoms with E-state index in [0.717, 1.165) is 11.1 Å². The van der Waals surface area contributed by atoms with Gasteiger partial charge in [-0.15, -0.1) is 5.10 Å². The van der Waals surface area contributed by atoms with Gasteiger partial charge in [0.2, 0.25) is 18.6 Å². The van der Waals surface area contributed by atoms with Gasteiger partial charge in [-0.1, -0.05) is 23.7 Å². The minimum Gasteiger partial charge on any atom is -0.454 e. The van der Waals surface area contributed by atoms with Crippen LogP contribution in [0, 0.1) is 11.3 Å². The second-order valence-electron chi connectivity index (χ2n) is 6.37. The summed E-state index contributed by atoms with van der Waals surface area (Å²) >= 11 is 6.20. The van der Waals surface area contributed by atoms with Crippen molar-refractivity contribution in [1.29, 1.82) is 5.26 Å². The third-order valence-corrected chi connectivity index (χ3v) is 5.02. The summed E-state index contributed by atoms with van der Waals surface area (Å²) in [6.07, 6.45) is 0. The molecule has 1 atom stereocenters. The minimum atomic E-state index is -0.466. The fourth-order valence-electron chi connectivity index (χ4n) is 3.54. The predicted molar refractivity (Wildman–Crippen MR) is 101 cm³/mol. The van der Waals surface area contributed by atoms with Gasteiger partial charge >= 0.3 is 0 Å². The van der Waals surface area contributed by atoms with Crippen LogP contribution in [0.5, 0.6) is 17.4 Å². The summed E-state index contributed by atoms with van der Waals surface area (Å²) in [7, 11) is 0. The molecule has 0 bridgehead atoms. The lowest BCUT2D eigenvalue weighted by molar-refractivity contribution is 0.174. The van der Waals surface area contributed by atoms with Gasteiger partial charge in [-0.25, -0.2) is 0 Å². The molecule has 0 saturated heterocycles. The molecule has 8 heteroatoms. The third-order valence-electron chi connectivity index (χ3n) is 4.78. The highest BCUT2D eigenvalue weighted by molar-refractivity contribution is 6.30. The molecule has 2 aliphatic heterocycles. The zero-order chi connectivity index (χ0) is 19.3. The van der Waals surface area contributed by atoms with Crippen molar-refractivity contribution in [2.24, 2.45) is 5.73 Å². The lowest BCUT2D eigenvalue weighted by Crippen LogP contribution is -2.21. The molecule has 138 valence electrons. The molecule has 1 aromatic heterocycles. The van der Waals surface area contributed by atoms with Gasteiger partial charge in [0.15, 0.2) is 11.5 Å². The Kier molecular flexibility index (Phi) is 3.67. The molecular weight excluding hydrogens is 380 g/mol. The number of nitriles is 1. The first-order valence-corrected chi connectivity index (χ1v) is 8.85. The van der Waals surface area contributed by atoms with Crippen molar-refractivity contribution in [3.63, 3.8) is 0 Å². The number of nitrogens with two attached hydrogens (primary N) is 1. The van der Waals surface area contributed by atoms with Gasteiger partial charge < -0.3 is 19.9 Å². The summed E-state index contributed by atoms with van der Waals surface area (Å²) < 4.78 is 16.5. The quantitative estimate of drug-likeness (QED) is 0.689. The SMILES string of the molecule is N#CC1=C(N)Oc2n[nH]c(-c3ccc4c(c3)OCO4)c2[C@H]1c1cccc(Cl)c1. The number of benzene rings is 2. The molecule has 5 rings (SSSR count). The zero-order valence-corrected chi connectivity index (χ0v) is 15.2. The third kappa shape index (κ3) is 2.47. The Balaban J connectivity index is 1.71. The van der Waals surface area contributed by atoms with E-state index in [1.54, 1.807) is 6.07 Å². The maximum absolute atomic E-state index is 9.75. The van der Waals surface area contributed by atoms with Crippen LogP contribution in [0.2, 0.25) is 5.02 Å². The van der Waals surface area contributed by atoms with Crippen LogP contribution in [0.25, 0.3) is 11.3 Å². The van der Waals surface area contributed by atoms with E-state index in [1.807, 2.05) is 36.4 Å². The molecule has 3 aromatic rings. The van der Waals surface area contributed by atoms with Crippen LogP contribution in [0.15, 0.2) is 53.9 Å². The first-order chi connectivity index (χ1) is 13.7. The monoisotopic (exact) mass is 392 g/mol. The highest BCUT2D eigenvalue weighted by Gasteiger charge is 2.36. The molecule has 0 aliphatic carbocycles. The molecule has 0 fully saturated rings. The second-order valence-corrected chi connectivity index (χ2v) is 6.80. The van der Waals surface area contributed by atoms with Crippen LogP contribution in [0.4, 0.5) is 0 Å². The van der Waals surface area contributed by atoms with Gasteiger partial charge in [0.25, 0.3) is 0 Å². The molecular formula is C20H13ClN4O3. The lowest BCUT2D eigenvalue weighted by Gasteiger charge is -2.24. The van der Waals surface area contributed by atoms with E-state index in [-0.39, 0.29) is 12.7 Å². The predicted octanol–water partition coefficient (Wildman–Crippen LogP) is 3.68. The average molecular weight is 393 g/mol. The number of fused-ring (bicyclic) bond motifs is 2. The van der Waals surface area contributed by atoms with Crippen molar-refractivity contribution in [1.82, 2.24) is 10.2 Å². The maximum atomic E-state index is 9.75. The topological polar surface area (TPSA) is 106 Å². The number of allylic oxidation sites excluding steroid dienone is 1. The smallest absolute Gasteiger partial charge is 0.244 e. The average Bonchev–Trinajstić information content (AvgIpc) is 3.32. The van der Waals surface area contributed by atoms with Crippen molar-refractivity contribution in [3.05, 3.63) is 70.1 Å². The summed E-state index contributed by atoms with van der Waals surface area (Å²) in [6, 6.07) is 15.1. The molecule has 0 spiro atoms. The van der Waals surface area contributed by atoms with Gasteiger partial charge in [-0.05, 0) is 35.9 Å². The van der Waals surface area contributed by atoms with Crippen LogP contribution in [0.3, 0.4) is 0 Å². The largest absolute Gasteiger partial charge is 0.454 e. The molecule has 7 nitrogen and oxygen atoms in total. The van der Waals surface area contributed by atoms with Gasteiger partial charge in [0, 0.05) is 10.6 Å². The van der Waals surface area contributed by atoms with E-state index in [2.05, 4.69) is 16.3 Å². The summed E-state index contributed by atoms with van der Waals surface area (Å²) in [5.74, 6) is 1.22. The molecule has 2 aromatic carbocycles. The van der Waals surface area contributed by atoms with Crippen molar-refractivity contribution < 1.29 is 14.2 Å². The highest BCUT2D eigenvalue weighted by atomic mass is 35.5. The summed E-state index contributed by atoms with van der Waals surface area (Å²) in [4.78, 5) is 0. The normalized spacial score (nSPS) is 17.1. The number of rotatable bonds is 2. The number of aromatic nitrogens is 2. The van der Waals surface area contributed by atoms with Gasteiger partial charge in [0.05, 0.1) is 17.2 Å². The Hall–Kier alpha value is -3.63. The van der Waals surface area contributed by atoms with Crippen LogP contribution < -0.4 is 19.9 Å². The van der Waals surface area contributed by atoms with Crippen LogP contribution in [-0.4, -0.2) is 17.0 Å². The summed E-state index contributed by atoms with van der Waals surface area (Å²) in [6.45, 7) is 0.186. The van der Waals surface area contributed by atoms with E-state index in [9.17, 15) is 5.26 Å². The number of H-pyrrole nitrogens is 1.